The van der Waals surface area contributed by atoms with Crippen LogP contribution in [0.4, 0.5) is 0 Å². The third-order valence-electron chi connectivity index (χ3n) is 4.26. The van der Waals surface area contributed by atoms with Gasteiger partial charge in [-0.1, -0.05) is 17.4 Å². The number of fused-ring (bicyclic) bond motifs is 4. The number of ether oxygens (including phenoxy) is 3. The summed E-state index contributed by atoms with van der Waals surface area (Å²) in [6.45, 7) is 2.23. The Bertz CT molecular complexity index is 719. The molecule has 1 N–H and O–H groups in total. The number of thiocarbonyl (C=S) groups is 1. The molecule has 0 amide bonds. The van der Waals surface area contributed by atoms with Crippen LogP contribution in [0.5, 0.6) is 5.75 Å². The largest absolute Gasteiger partial charge is 0.497 e. The summed E-state index contributed by atoms with van der Waals surface area (Å²) in [5.74, 6) is 0.656. The number of benzene rings is 1. The number of hydrazone groups is 1. The fourth-order valence-electron chi connectivity index (χ4n) is 3.13. The topological polar surface area (TPSA) is 73.7 Å². The molecule has 8 heteroatoms. The van der Waals surface area contributed by atoms with Crippen molar-refractivity contribution in [3.05, 3.63) is 29.8 Å². The molecule has 2 bridgehead atoms. The second-order valence-electron chi connectivity index (χ2n) is 5.80. The van der Waals surface area contributed by atoms with Crippen molar-refractivity contribution in [3.63, 3.8) is 0 Å². The number of hydrogen-bond donors (Lipinski definition) is 1. The number of hydrogen-bond acceptors (Lipinski definition) is 7. The van der Waals surface area contributed by atoms with Crippen molar-refractivity contribution in [1.82, 2.24) is 5.43 Å². The van der Waals surface area contributed by atoms with Gasteiger partial charge in [-0.05, 0) is 31.2 Å². The molecule has 0 aromatic heterocycles. The van der Waals surface area contributed by atoms with Crippen LogP contribution in [-0.4, -0.2) is 48.6 Å². The number of methoxy groups -OCH3 is 1. The molecule has 3 aliphatic rings. The van der Waals surface area contributed by atoms with Crippen LogP contribution >= 0.6 is 12.2 Å². The van der Waals surface area contributed by atoms with Gasteiger partial charge in [0, 0.05) is 5.56 Å². The predicted octanol–water partition coefficient (Wildman–Crippen LogP) is 1.46. The lowest BCUT2D eigenvalue weighted by Gasteiger charge is -2.30. The maximum atomic E-state index is 5.82. The average molecular weight is 347 g/mol. The first-order valence-electron chi connectivity index (χ1n) is 7.66. The molecule has 0 unspecified atom stereocenters. The van der Waals surface area contributed by atoms with Gasteiger partial charge in [0.15, 0.2) is 12.4 Å². The van der Waals surface area contributed by atoms with Crippen molar-refractivity contribution >= 4 is 28.6 Å². The molecular formula is C16H17N3O4S. The van der Waals surface area contributed by atoms with E-state index in [1.54, 1.807) is 14.0 Å². The molecular weight excluding hydrogens is 330 g/mol. The highest BCUT2D eigenvalue weighted by Crippen LogP contribution is 2.38. The number of oxime groups is 1. The molecule has 2 fully saturated rings. The molecule has 24 heavy (non-hydrogen) atoms. The van der Waals surface area contributed by atoms with Crippen LogP contribution in [0.1, 0.15) is 12.5 Å². The van der Waals surface area contributed by atoms with E-state index >= 15 is 0 Å². The Labute approximate surface area is 144 Å². The first kappa shape index (κ1) is 15.5. The Morgan fingerprint density at radius 1 is 1.38 bits per heavy atom. The summed E-state index contributed by atoms with van der Waals surface area (Å²) in [4.78, 5) is 6.23. The molecule has 1 aromatic rings. The van der Waals surface area contributed by atoms with E-state index in [9.17, 15) is 0 Å². The quantitative estimate of drug-likeness (QED) is 0.659. The second-order valence-corrected chi connectivity index (χ2v) is 6.41. The Kier molecular flexibility index (Phi) is 3.95. The molecule has 4 atom stereocenters. The third-order valence-corrected chi connectivity index (χ3v) is 4.35. The van der Waals surface area contributed by atoms with Crippen molar-refractivity contribution in [2.24, 2.45) is 16.2 Å². The molecule has 1 aromatic carbocycles. The molecule has 3 aliphatic heterocycles. The molecule has 0 aliphatic carbocycles. The molecule has 3 heterocycles. The van der Waals surface area contributed by atoms with E-state index in [1.807, 2.05) is 24.3 Å². The van der Waals surface area contributed by atoms with Crippen molar-refractivity contribution < 1.29 is 19.0 Å². The monoisotopic (exact) mass is 347 g/mol. The molecule has 0 radical (unpaired) electrons. The van der Waals surface area contributed by atoms with Crippen molar-refractivity contribution in [2.75, 3.05) is 13.7 Å². The summed E-state index contributed by atoms with van der Waals surface area (Å²) in [6.07, 6.45) is -0.887. The first-order chi connectivity index (χ1) is 11.7. The zero-order valence-electron chi connectivity index (χ0n) is 13.3. The first-order valence-corrected chi connectivity index (χ1v) is 8.07. The van der Waals surface area contributed by atoms with E-state index in [0.717, 1.165) is 17.0 Å². The predicted molar refractivity (Wildman–Crippen MR) is 91.3 cm³/mol. The van der Waals surface area contributed by atoms with Gasteiger partial charge >= 0.3 is 0 Å². The minimum absolute atomic E-state index is 0.133. The smallest absolute Gasteiger partial charge is 0.200 e. The zero-order chi connectivity index (χ0) is 16.7. The van der Waals surface area contributed by atoms with E-state index in [0.29, 0.717) is 17.3 Å². The maximum absolute atomic E-state index is 5.82. The molecule has 7 nitrogen and oxygen atoms in total. The molecule has 0 spiro atoms. The van der Waals surface area contributed by atoms with Crippen LogP contribution in [0.2, 0.25) is 0 Å². The summed E-state index contributed by atoms with van der Waals surface area (Å²) >= 11 is 5.04. The van der Waals surface area contributed by atoms with Gasteiger partial charge in [0.1, 0.15) is 17.6 Å². The Morgan fingerprint density at radius 2 is 2.17 bits per heavy atom. The summed E-state index contributed by atoms with van der Waals surface area (Å²) in [5.41, 5.74) is 5.30. The fourth-order valence-corrected chi connectivity index (χ4v) is 3.18. The zero-order valence-corrected chi connectivity index (χ0v) is 14.1. The summed E-state index contributed by atoms with van der Waals surface area (Å²) in [5, 5.41) is 8.70. The molecule has 4 rings (SSSR count). The normalized spacial score (nSPS) is 32.1. The minimum Gasteiger partial charge on any atom is -0.497 e. The molecule has 2 saturated heterocycles. The van der Waals surface area contributed by atoms with Gasteiger partial charge < -0.3 is 19.0 Å². The highest BCUT2D eigenvalue weighted by Gasteiger charge is 2.55. The Hall–Kier alpha value is -2.03. The molecule has 0 saturated carbocycles. The number of nitrogens with one attached hydrogen (secondary N) is 1. The second kappa shape index (κ2) is 6.12. The van der Waals surface area contributed by atoms with Crippen LogP contribution in [0.15, 0.2) is 34.5 Å². The summed E-state index contributed by atoms with van der Waals surface area (Å²) in [7, 11) is 1.64. The standard InChI is InChI=1S/C16H17N3O4S/c1-8(24)17-18-14-12-13(9-3-5-10(20-2)6-4-9)19-23-15(12)11-7-21-16(14)22-11/h3-6,11-12,15-16H,7H2,1-2H3,(H,17,24)/b18-14+/t11-,12-,15-,16-/m1/s1. The van der Waals surface area contributed by atoms with Gasteiger partial charge in [0.2, 0.25) is 0 Å². The van der Waals surface area contributed by atoms with Gasteiger partial charge in [-0.3, -0.25) is 5.43 Å². The van der Waals surface area contributed by atoms with E-state index < -0.39 is 6.29 Å². The lowest BCUT2D eigenvalue weighted by Crippen LogP contribution is -2.49. The fraction of sp³-hybridized carbons (Fsp3) is 0.438. The van der Waals surface area contributed by atoms with Gasteiger partial charge in [-0.15, -0.1) is 0 Å². The van der Waals surface area contributed by atoms with Gasteiger partial charge in [0.05, 0.1) is 30.3 Å². The van der Waals surface area contributed by atoms with Crippen molar-refractivity contribution in [2.45, 2.75) is 25.4 Å². The Morgan fingerprint density at radius 3 is 2.88 bits per heavy atom. The van der Waals surface area contributed by atoms with E-state index in [1.165, 1.54) is 0 Å². The van der Waals surface area contributed by atoms with E-state index in [-0.39, 0.29) is 18.1 Å². The maximum Gasteiger partial charge on any atom is 0.200 e. The summed E-state index contributed by atoms with van der Waals surface area (Å²) in [6, 6.07) is 7.70. The van der Waals surface area contributed by atoms with Gasteiger partial charge in [-0.25, -0.2) is 0 Å². The van der Waals surface area contributed by atoms with Crippen molar-refractivity contribution in [3.8, 4) is 5.75 Å². The Balaban J connectivity index is 1.69. The summed E-state index contributed by atoms with van der Waals surface area (Å²) < 4.78 is 16.7. The van der Waals surface area contributed by atoms with E-state index in [2.05, 4.69) is 15.7 Å². The third kappa shape index (κ3) is 2.56. The average Bonchev–Trinajstić information content (AvgIpc) is 3.21. The minimum atomic E-state index is -0.497. The number of rotatable bonds is 3. The van der Waals surface area contributed by atoms with Gasteiger partial charge in [0.25, 0.3) is 0 Å². The van der Waals surface area contributed by atoms with E-state index in [4.69, 9.17) is 31.3 Å². The van der Waals surface area contributed by atoms with Crippen LogP contribution in [-0.2, 0) is 14.3 Å². The lowest BCUT2D eigenvalue weighted by molar-refractivity contribution is -0.0812. The SMILES string of the molecule is COc1ccc(C2=NO[C@H]3[C@H]2/C(=N\NC(C)=S)[C@@H]2OC[C@H]3O2)cc1. The van der Waals surface area contributed by atoms with Crippen LogP contribution in [0, 0.1) is 5.92 Å². The van der Waals surface area contributed by atoms with Gasteiger partial charge in [-0.2, -0.15) is 5.10 Å². The highest BCUT2D eigenvalue weighted by molar-refractivity contribution is 7.80. The van der Waals surface area contributed by atoms with Crippen molar-refractivity contribution in [1.29, 1.82) is 0 Å². The lowest BCUT2D eigenvalue weighted by atomic mass is 9.84. The number of nitrogens with zero attached hydrogens (tertiary/aromatic N) is 2. The van der Waals surface area contributed by atoms with Crippen LogP contribution in [0.3, 0.4) is 0 Å². The molecule has 126 valence electrons. The van der Waals surface area contributed by atoms with Crippen LogP contribution in [0.25, 0.3) is 0 Å². The van der Waals surface area contributed by atoms with Crippen LogP contribution < -0.4 is 10.2 Å². The highest BCUT2D eigenvalue weighted by atomic mass is 32.1.